The van der Waals surface area contributed by atoms with Crippen molar-refractivity contribution in [1.29, 1.82) is 0 Å². The van der Waals surface area contributed by atoms with Gasteiger partial charge in [-0.05, 0) is 20.0 Å². The molecule has 0 aliphatic carbocycles. The van der Waals surface area contributed by atoms with Gasteiger partial charge in [0.05, 0.1) is 24.5 Å². The lowest BCUT2D eigenvalue weighted by atomic mass is 9.82. The van der Waals surface area contributed by atoms with E-state index in [0.717, 1.165) is 32.6 Å². The van der Waals surface area contributed by atoms with Crippen molar-refractivity contribution in [2.45, 2.75) is 19.4 Å². The highest BCUT2D eigenvalue weighted by Crippen LogP contribution is 2.23. The number of rotatable bonds is 3. The van der Waals surface area contributed by atoms with Crippen molar-refractivity contribution in [3.8, 4) is 0 Å². The molecule has 6 heteroatoms. The van der Waals surface area contributed by atoms with Gasteiger partial charge in [0.2, 0.25) is 11.8 Å². The van der Waals surface area contributed by atoms with Crippen LogP contribution in [-0.4, -0.2) is 72.6 Å². The first-order valence-corrected chi connectivity index (χ1v) is 6.93. The van der Waals surface area contributed by atoms with Crippen LogP contribution in [0.15, 0.2) is 0 Å². The minimum Gasteiger partial charge on any atom is -0.395 e. The van der Waals surface area contributed by atoms with Gasteiger partial charge < -0.3 is 20.2 Å². The monoisotopic (exact) mass is 269 g/mol. The summed E-state index contributed by atoms with van der Waals surface area (Å²) in [6, 6.07) is -0.217. The molecule has 0 aromatic rings. The second-order valence-corrected chi connectivity index (χ2v) is 5.59. The standard InChI is InChI=1S/C13H23N3O3/c1-9(11-10(8-17)12(18)14-11)13(19)16-5-3-4-15(2)6-7-16/h9-11,17H,3-8H2,1-2H3,(H,14,18)/t9-,10-,11-/m1/s1. The van der Waals surface area contributed by atoms with E-state index in [2.05, 4.69) is 17.3 Å². The van der Waals surface area contributed by atoms with Crippen molar-refractivity contribution in [2.24, 2.45) is 11.8 Å². The zero-order valence-electron chi connectivity index (χ0n) is 11.6. The van der Waals surface area contributed by atoms with E-state index in [9.17, 15) is 9.59 Å². The molecule has 2 amide bonds. The molecular weight excluding hydrogens is 246 g/mol. The summed E-state index contributed by atoms with van der Waals surface area (Å²) in [6.45, 7) is 5.07. The highest BCUT2D eigenvalue weighted by Gasteiger charge is 2.45. The van der Waals surface area contributed by atoms with Gasteiger partial charge >= 0.3 is 0 Å². The molecule has 0 radical (unpaired) electrons. The molecule has 3 atom stereocenters. The molecule has 2 rings (SSSR count). The predicted octanol–water partition coefficient (Wildman–Crippen LogP) is -1.11. The minimum absolute atomic E-state index is 0.0822. The summed E-state index contributed by atoms with van der Waals surface area (Å²) < 4.78 is 0. The highest BCUT2D eigenvalue weighted by molar-refractivity contribution is 5.89. The molecule has 108 valence electrons. The van der Waals surface area contributed by atoms with E-state index in [0.29, 0.717) is 0 Å². The Morgan fingerprint density at radius 3 is 2.79 bits per heavy atom. The Hall–Kier alpha value is -1.14. The topological polar surface area (TPSA) is 72.9 Å². The van der Waals surface area contributed by atoms with Crippen LogP contribution in [0, 0.1) is 11.8 Å². The Bertz CT molecular complexity index is 361. The van der Waals surface area contributed by atoms with Crippen LogP contribution in [0.1, 0.15) is 13.3 Å². The van der Waals surface area contributed by atoms with Crippen LogP contribution in [0.5, 0.6) is 0 Å². The molecule has 2 N–H and O–H groups in total. The van der Waals surface area contributed by atoms with Crippen LogP contribution in [0.3, 0.4) is 0 Å². The molecule has 2 heterocycles. The fraction of sp³-hybridized carbons (Fsp3) is 0.846. The summed E-state index contributed by atoms with van der Waals surface area (Å²) in [7, 11) is 2.06. The summed E-state index contributed by atoms with van der Waals surface area (Å²) in [5, 5.41) is 11.9. The highest BCUT2D eigenvalue weighted by atomic mass is 16.3. The van der Waals surface area contributed by atoms with Gasteiger partial charge in [0.25, 0.3) is 0 Å². The summed E-state index contributed by atoms with van der Waals surface area (Å²) in [6.07, 6.45) is 0.982. The first-order chi connectivity index (χ1) is 9.04. The molecule has 0 aromatic carbocycles. The smallest absolute Gasteiger partial charge is 0.227 e. The van der Waals surface area contributed by atoms with Gasteiger partial charge in [0.15, 0.2) is 0 Å². The van der Waals surface area contributed by atoms with Crippen LogP contribution >= 0.6 is 0 Å². The quantitative estimate of drug-likeness (QED) is 0.638. The van der Waals surface area contributed by atoms with Gasteiger partial charge in [0, 0.05) is 19.6 Å². The molecule has 2 aliphatic rings. The molecule has 0 aromatic heterocycles. The molecule has 6 nitrogen and oxygen atoms in total. The predicted molar refractivity (Wildman–Crippen MR) is 70.4 cm³/mol. The SMILES string of the molecule is C[C@@H](C(=O)N1CCCN(C)CC1)[C@H]1NC(=O)[C@@H]1CO. The minimum atomic E-state index is -0.423. The van der Waals surface area contributed by atoms with Crippen molar-refractivity contribution >= 4 is 11.8 Å². The number of likely N-dealkylation sites (N-methyl/N-ethyl adjacent to an activating group) is 1. The van der Waals surface area contributed by atoms with Gasteiger partial charge in [-0.1, -0.05) is 6.92 Å². The zero-order valence-corrected chi connectivity index (χ0v) is 11.6. The third-order valence-electron chi connectivity index (χ3n) is 4.24. The molecule has 2 saturated heterocycles. The maximum absolute atomic E-state index is 12.4. The molecule has 2 fully saturated rings. The summed E-state index contributed by atoms with van der Waals surface area (Å²) in [5.74, 6) is -0.756. The van der Waals surface area contributed by atoms with Gasteiger partial charge in [-0.15, -0.1) is 0 Å². The normalized spacial score (nSPS) is 30.3. The summed E-state index contributed by atoms with van der Waals surface area (Å²) >= 11 is 0. The van der Waals surface area contributed by atoms with E-state index in [1.807, 2.05) is 11.8 Å². The lowest BCUT2D eigenvalue weighted by Crippen LogP contribution is -2.64. The van der Waals surface area contributed by atoms with Crippen LogP contribution in [0.25, 0.3) is 0 Å². The van der Waals surface area contributed by atoms with Gasteiger partial charge in [-0.2, -0.15) is 0 Å². The van der Waals surface area contributed by atoms with Gasteiger partial charge in [0.1, 0.15) is 0 Å². The van der Waals surface area contributed by atoms with E-state index in [1.165, 1.54) is 0 Å². The number of hydrogen-bond donors (Lipinski definition) is 2. The second-order valence-electron chi connectivity index (χ2n) is 5.59. The Labute approximate surface area is 113 Å². The fourth-order valence-corrected chi connectivity index (χ4v) is 2.82. The molecule has 19 heavy (non-hydrogen) atoms. The lowest BCUT2D eigenvalue weighted by molar-refractivity contribution is -0.145. The third kappa shape index (κ3) is 2.90. The van der Waals surface area contributed by atoms with E-state index in [1.54, 1.807) is 0 Å². The zero-order chi connectivity index (χ0) is 14.0. The van der Waals surface area contributed by atoms with Crippen molar-refractivity contribution in [3.05, 3.63) is 0 Å². The molecule has 0 saturated carbocycles. The Balaban J connectivity index is 1.93. The Morgan fingerprint density at radius 1 is 1.42 bits per heavy atom. The second kappa shape index (κ2) is 5.88. The number of nitrogens with zero attached hydrogens (tertiary/aromatic N) is 2. The maximum Gasteiger partial charge on any atom is 0.227 e. The van der Waals surface area contributed by atoms with Crippen molar-refractivity contribution in [2.75, 3.05) is 39.8 Å². The van der Waals surface area contributed by atoms with Crippen molar-refractivity contribution in [3.63, 3.8) is 0 Å². The van der Waals surface area contributed by atoms with Crippen LogP contribution in [0.2, 0.25) is 0 Å². The van der Waals surface area contributed by atoms with E-state index >= 15 is 0 Å². The average Bonchev–Trinajstić information content (AvgIpc) is 2.59. The Kier molecular flexibility index (Phi) is 4.42. The number of nitrogens with one attached hydrogen (secondary N) is 1. The summed E-state index contributed by atoms with van der Waals surface area (Å²) in [5.41, 5.74) is 0. The summed E-state index contributed by atoms with van der Waals surface area (Å²) in [4.78, 5) is 27.8. The lowest BCUT2D eigenvalue weighted by Gasteiger charge is -2.40. The van der Waals surface area contributed by atoms with Crippen molar-refractivity contribution in [1.82, 2.24) is 15.1 Å². The first kappa shape index (κ1) is 14.3. The molecule has 2 aliphatic heterocycles. The third-order valence-corrected chi connectivity index (χ3v) is 4.24. The van der Waals surface area contributed by atoms with Crippen LogP contribution in [0.4, 0.5) is 0 Å². The number of amides is 2. The van der Waals surface area contributed by atoms with Gasteiger partial charge in [-0.25, -0.2) is 0 Å². The molecule has 0 spiro atoms. The van der Waals surface area contributed by atoms with Crippen molar-refractivity contribution < 1.29 is 14.7 Å². The van der Waals surface area contributed by atoms with Gasteiger partial charge in [-0.3, -0.25) is 9.59 Å². The molecular formula is C13H23N3O3. The van der Waals surface area contributed by atoms with Crippen LogP contribution < -0.4 is 5.32 Å². The van der Waals surface area contributed by atoms with Crippen LogP contribution in [-0.2, 0) is 9.59 Å². The number of carbonyl (C=O) groups is 2. The van der Waals surface area contributed by atoms with E-state index in [4.69, 9.17) is 5.11 Å². The first-order valence-electron chi connectivity index (χ1n) is 6.93. The number of aliphatic hydroxyl groups is 1. The number of β-lactam (4-membered cyclic amide) rings is 1. The maximum atomic E-state index is 12.4. The molecule has 0 bridgehead atoms. The van der Waals surface area contributed by atoms with E-state index in [-0.39, 0.29) is 30.4 Å². The average molecular weight is 269 g/mol. The molecule has 0 unspecified atom stereocenters. The number of aliphatic hydroxyl groups excluding tert-OH is 1. The van der Waals surface area contributed by atoms with E-state index < -0.39 is 5.92 Å². The Morgan fingerprint density at radius 2 is 2.16 bits per heavy atom. The largest absolute Gasteiger partial charge is 0.395 e. The fourth-order valence-electron chi connectivity index (χ4n) is 2.82. The number of hydrogen-bond acceptors (Lipinski definition) is 4. The number of carbonyl (C=O) groups excluding carboxylic acids is 2.